The van der Waals surface area contributed by atoms with E-state index >= 15 is 0 Å². The molecule has 0 aliphatic heterocycles. The van der Waals surface area contributed by atoms with Gasteiger partial charge in [-0.3, -0.25) is 4.79 Å². The quantitative estimate of drug-likeness (QED) is 0.722. The van der Waals surface area contributed by atoms with Crippen LogP contribution >= 0.6 is 0 Å². The monoisotopic (exact) mass is 341 g/mol. The van der Waals surface area contributed by atoms with E-state index in [0.29, 0.717) is 19.5 Å². The summed E-state index contributed by atoms with van der Waals surface area (Å²) >= 11 is 0. The number of carbonyl (C=O) groups excluding carboxylic acids is 1. The molecule has 0 bridgehead atoms. The second-order valence-corrected chi connectivity index (χ2v) is 7.94. The highest BCUT2D eigenvalue weighted by Gasteiger charge is 2.19. The molecule has 0 fully saturated rings. The lowest BCUT2D eigenvalue weighted by atomic mass is 10.1. The summed E-state index contributed by atoms with van der Waals surface area (Å²) in [6, 6.07) is 7.78. The molecule has 0 saturated carbocycles. The van der Waals surface area contributed by atoms with Crippen molar-refractivity contribution in [3.05, 3.63) is 35.4 Å². The normalized spacial score (nSPS) is 11.9. The molecule has 0 unspecified atom stereocenters. The third-order valence-corrected chi connectivity index (χ3v) is 4.79. The Kier molecular flexibility index (Phi) is 7.67. The minimum atomic E-state index is -3.40. The predicted molar refractivity (Wildman–Crippen MR) is 92.6 cm³/mol. The number of aryl methyl sites for hydroxylation is 1. The molecule has 0 saturated heterocycles. The molecule has 0 spiro atoms. The van der Waals surface area contributed by atoms with Crippen LogP contribution in [0.5, 0.6) is 0 Å². The van der Waals surface area contributed by atoms with E-state index in [-0.39, 0.29) is 12.5 Å². The van der Waals surface area contributed by atoms with Crippen LogP contribution in [0.15, 0.2) is 24.3 Å². The molecule has 1 N–H and O–H groups in total. The van der Waals surface area contributed by atoms with Gasteiger partial charge in [-0.05, 0) is 45.1 Å². The van der Waals surface area contributed by atoms with Gasteiger partial charge >= 0.3 is 0 Å². The first kappa shape index (κ1) is 19.6. The van der Waals surface area contributed by atoms with Gasteiger partial charge in [-0.25, -0.2) is 8.42 Å². The largest absolute Gasteiger partial charge is 0.351 e. The molecule has 1 aromatic carbocycles. The topological polar surface area (TPSA) is 69.7 Å². The molecule has 0 atom stereocenters. The smallest absolute Gasteiger partial charge is 0.235 e. The van der Waals surface area contributed by atoms with Crippen molar-refractivity contribution in [3.63, 3.8) is 0 Å². The van der Waals surface area contributed by atoms with E-state index in [1.54, 1.807) is 0 Å². The van der Waals surface area contributed by atoms with Crippen LogP contribution in [0.2, 0.25) is 0 Å². The Morgan fingerprint density at radius 1 is 1.17 bits per heavy atom. The number of nitrogens with zero attached hydrogens (tertiary/aromatic N) is 2. The van der Waals surface area contributed by atoms with Crippen LogP contribution in [0.3, 0.4) is 0 Å². The number of benzene rings is 1. The molecule has 1 aromatic rings. The van der Waals surface area contributed by atoms with E-state index in [9.17, 15) is 13.2 Å². The van der Waals surface area contributed by atoms with E-state index in [4.69, 9.17) is 0 Å². The Hall–Kier alpha value is -1.44. The Morgan fingerprint density at radius 3 is 2.39 bits per heavy atom. The molecule has 0 aliphatic rings. The zero-order valence-electron chi connectivity index (χ0n) is 14.4. The maximum absolute atomic E-state index is 12.1. The average molecular weight is 341 g/mol. The maximum atomic E-state index is 12.1. The molecule has 1 rings (SSSR count). The van der Waals surface area contributed by atoms with Crippen LogP contribution in [-0.2, 0) is 21.4 Å². The van der Waals surface area contributed by atoms with E-state index in [2.05, 4.69) is 5.32 Å². The molecule has 0 aliphatic carbocycles. The minimum Gasteiger partial charge on any atom is -0.351 e. The molecule has 0 radical (unpaired) electrons. The molecule has 1 amide bonds. The average Bonchev–Trinajstić information content (AvgIpc) is 2.44. The first-order valence-corrected chi connectivity index (χ1v) is 9.46. The highest BCUT2D eigenvalue weighted by atomic mass is 32.2. The highest BCUT2D eigenvalue weighted by molar-refractivity contribution is 7.88. The number of rotatable bonds is 9. The van der Waals surface area contributed by atoms with Gasteiger partial charge in [-0.1, -0.05) is 24.3 Å². The van der Waals surface area contributed by atoms with Crippen molar-refractivity contribution >= 4 is 15.9 Å². The van der Waals surface area contributed by atoms with Crippen molar-refractivity contribution in [2.45, 2.75) is 19.9 Å². The summed E-state index contributed by atoms with van der Waals surface area (Å²) in [7, 11) is 0.465. The fourth-order valence-corrected chi connectivity index (χ4v) is 2.96. The van der Waals surface area contributed by atoms with Gasteiger partial charge in [0.15, 0.2) is 0 Å². The first-order valence-electron chi connectivity index (χ1n) is 7.61. The van der Waals surface area contributed by atoms with E-state index in [0.717, 1.165) is 23.9 Å². The zero-order chi connectivity index (χ0) is 17.5. The van der Waals surface area contributed by atoms with Crippen LogP contribution in [0, 0.1) is 6.92 Å². The third kappa shape index (κ3) is 7.58. The summed E-state index contributed by atoms with van der Waals surface area (Å²) in [6.07, 6.45) is 1.82. The van der Waals surface area contributed by atoms with Crippen molar-refractivity contribution in [2.24, 2.45) is 0 Å². The van der Waals surface area contributed by atoms with Gasteiger partial charge in [0.05, 0.1) is 12.8 Å². The molecule has 23 heavy (non-hydrogen) atoms. The van der Waals surface area contributed by atoms with E-state index < -0.39 is 10.0 Å². The Bertz CT molecular complexity index is 615. The molecular weight excluding hydrogens is 314 g/mol. The molecule has 130 valence electrons. The van der Waals surface area contributed by atoms with Gasteiger partial charge in [0.25, 0.3) is 0 Å². The first-order chi connectivity index (χ1) is 10.7. The lowest BCUT2D eigenvalue weighted by molar-refractivity contribution is -0.121. The Labute approximate surface area is 139 Å². The number of nitrogens with one attached hydrogen (secondary N) is 1. The van der Waals surface area contributed by atoms with Crippen molar-refractivity contribution < 1.29 is 13.2 Å². The van der Waals surface area contributed by atoms with Crippen molar-refractivity contribution in [2.75, 3.05) is 40.0 Å². The van der Waals surface area contributed by atoms with Gasteiger partial charge in [-0.2, -0.15) is 4.31 Å². The standard InChI is InChI=1S/C16H27N3O3S/c1-14-8-5-6-9-15(14)12-17-16(20)13-19(23(4,21)22)11-7-10-18(2)3/h5-6,8-9H,7,10-13H2,1-4H3,(H,17,20). The maximum Gasteiger partial charge on any atom is 0.235 e. The number of sulfonamides is 1. The van der Waals surface area contributed by atoms with Crippen LogP contribution < -0.4 is 5.32 Å². The van der Waals surface area contributed by atoms with Gasteiger partial charge < -0.3 is 10.2 Å². The second-order valence-electron chi connectivity index (χ2n) is 5.96. The molecule has 7 heteroatoms. The number of hydrogen-bond donors (Lipinski definition) is 1. The van der Waals surface area contributed by atoms with Crippen LogP contribution in [-0.4, -0.2) is 63.5 Å². The molecular formula is C16H27N3O3S. The number of carbonyl (C=O) groups is 1. The SMILES string of the molecule is Cc1ccccc1CNC(=O)CN(CCCN(C)C)S(C)(=O)=O. The van der Waals surface area contributed by atoms with E-state index in [1.807, 2.05) is 50.2 Å². The minimum absolute atomic E-state index is 0.141. The molecule has 0 aromatic heterocycles. The van der Waals surface area contributed by atoms with Gasteiger partial charge in [0.1, 0.15) is 0 Å². The summed E-state index contributed by atoms with van der Waals surface area (Å²) in [5.41, 5.74) is 2.12. The number of amides is 1. The summed E-state index contributed by atoms with van der Waals surface area (Å²) < 4.78 is 24.8. The lowest BCUT2D eigenvalue weighted by Crippen LogP contribution is -2.41. The summed E-state index contributed by atoms with van der Waals surface area (Å²) in [4.78, 5) is 14.0. The van der Waals surface area contributed by atoms with Crippen molar-refractivity contribution in [1.82, 2.24) is 14.5 Å². The molecule has 6 nitrogen and oxygen atoms in total. The number of hydrogen-bond acceptors (Lipinski definition) is 4. The van der Waals surface area contributed by atoms with Crippen molar-refractivity contribution in [1.29, 1.82) is 0 Å². The van der Waals surface area contributed by atoms with Gasteiger partial charge in [0, 0.05) is 13.1 Å². The van der Waals surface area contributed by atoms with Crippen LogP contribution in [0.1, 0.15) is 17.5 Å². The van der Waals surface area contributed by atoms with Crippen LogP contribution in [0.25, 0.3) is 0 Å². The third-order valence-electron chi connectivity index (χ3n) is 3.54. The highest BCUT2D eigenvalue weighted by Crippen LogP contribution is 2.06. The van der Waals surface area contributed by atoms with Gasteiger partial charge in [0.2, 0.25) is 15.9 Å². The second kappa shape index (κ2) is 9.00. The molecule has 0 heterocycles. The summed E-state index contributed by atoms with van der Waals surface area (Å²) in [5, 5.41) is 2.79. The van der Waals surface area contributed by atoms with Crippen LogP contribution in [0.4, 0.5) is 0 Å². The summed E-state index contributed by atoms with van der Waals surface area (Å²) in [6.45, 7) is 3.36. The fraction of sp³-hybridized carbons (Fsp3) is 0.562. The lowest BCUT2D eigenvalue weighted by Gasteiger charge is -2.20. The predicted octanol–water partition coefficient (Wildman–Crippen LogP) is 0.825. The van der Waals surface area contributed by atoms with Crippen molar-refractivity contribution in [3.8, 4) is 0 Å². The summed E-state index contributed by atoms with van der Waals surface area (Å²) in [5.74, 6) is -0.288. The Balaban J connectivity index is 2.55. The fourth-order valence-electron chi connectivity index (χ4n) is 2.14. The van der Waals surface area contributed by atoms with Gasteiger partial charge in [-0.15, -0.1) is 0 Å². The van der Waals surface area contributed by atoms with E-state index in [1.165, 1.54) is 4.31 Å². The zero-order valence-corrected chi connectivity index (χ0v) is 15.2. The Morgan fingerprint density at radius 2 is 1.83 bits per heavy atom.